The van der Waals surface area contributed by atoms with E-state index in [1.54, 1.807) is 0 Å². The molecule has 2 N–H and O–H groups in total. The molecule has 0 heterocycles. The highest BCUT2D eigenvalue weighted by molar-refractivity contribution is 6.31. The maximum Gasteiger partial charge on any atom is 0.0471 e. The fraction of sp³-hybridized carbons (Fsp3) is 0.294. The van der Waals surface area contributed by atoms with Crippen molar-refractivity contribution in [3.05, 3.63) is 64.7 Å². The second-order valence-electron chi connectivity index (χ2n) is 5.13. The monoisotopic (exact) mass is 288 g/mol. The van der Waals surface area contributed by atoms with Crippen molar-refractivity contribution >= 4 is 17.3 Å². The predicted molar refractivity (Wildman–Crippen MR) is 87.0 cm³/mol. The molecule has 0 unspecified atom stereocenters. The smallest absolute Gasteiger partial charge is 0.0471 e. The molecule has 106 valence electrons. The van der Waals surface area contributed by atoms with Crippen molar-refractivity contribution in [2.24, 2.45) is 0 Å². The van der Waals surface area contributed by atoms with Crippen LogP contribution in [0, 0.1) is 0 Å². The van der Waals surface area contributed by atoms with Crippen molar-refractivity contribution in [2.45, 2.75) is 19.4 Å². The average Bonchev–Trinajstić information content (AvgIpc) is 2.44. The molecule has 0 radical (unpaired) electrons. The van der Waals surface area contributed by atoms with Crippen molar-refractivity contribution < 1.29 is 0 Å². The highest BCUT2D eigenvalue weighted by atomic mass is 35.5. The summed E-state index contributed by atoms with van der Waals surface area (Å²) in [6.45, 7) is 1.82. The van der Waals surface area contributed by atoms with Crippen LogP contribution in [-0.2, 0) is 13.0 Å². The Morgan fingerprint density at radius 2 is 1.80 bits per heavy atom. The number of nitrogens with two attached hydrogens (primary N) is 1. The van der Waals surface area contributed by atoms with Crippen molar-refractivity contribution in [1.82, 2.24) is 4.90 Å². The van der Waals surface area contributed by atoms with Crippen LogP contribution in [0.3, 0.4) is 0 Å². The molecular formula is C17H21ClN2. The highest BCUT2D eigenvalue weighted by Crippen LogP contribution is 2.23. The van der Waals surface area contributed by atoms with Gasteiger partial charge in [-0.25, -0.2) is 0 Å². The van der Waals surface area contributed by atoms with E-state index in [2.05, 4.69) is 42.3 Å². The Hall–Kier alpha value is -1.51. The van der Waals surface area contributed by atoms with E-state index in [0.29, 0.717) is 0 Å². The number of hydrogen-bond donors (Lipinski definition) is 1. The molecule has 0 spiro atoms. The average molecular weight is 289 g/mol. The van der Waals surface area contributed by atoms with Gasteiger partial charge in [0.15, 0.2) is 0 Å². The molecule has 3 heteroatoms. The van der Waals surface area contributed by atoms with Gasteiger partial charge in [-0.3, -0.25) is 0 Å². The Morgan fingerprint density at radius 3 is 2.50 bits per heavy atom. The van der Waals surface area contributed by atoms with Crippen molar-refractivity contribution in [2.75, 3.05) is 19.3 Å². The topological polar surface area (TPSA) is 29.3 Å². The van der Waals surface area contributed by atoms with Gasteiger partial charge < -0.3 is 10.6 Å². The summed E-state index contributed by atoms with van der Waals surface area (Å²) in [7, 11) is 2.10. The van der Waals surface area contributed by atoms with Crippen molar-refractivity contribution in [3.8, 4) is 0 Å². The van der Waals surface area contributed by atoms with Gasteiger partial charge in [0.05, 0.1) is 0 Å². The molecule has 0 aliphatic heterocycles. The molecule has 0 aliphatic rings. The number of nitrogen functional groups attached to an aromatic ring is 1. The molecule has 0 saturated heterocycles. The Labute approximate surface area is 126 Å². The van der Waals surface area contributed by atoms with Gasteiger partial charge in [-0.2, -0.15) is 0 Å². The first kappa shape index (κ1) is 14.9. The van der Waals surface area contributed by atoms with Crippen LogP contribution in [0.1, 0.15) is 17.5 Å². The minimum Gasteiger partial charge on any atom is -0.398 e. The first-order chi connectivity index (χ1) is 9.66. The summed E-state index contributed by atoms with van der Waals surface area (Å²) in [5, 5.41) is 0.750. The van der Waals surface area contributed by atoms with Crippen LogP contribution in [-0.4, -0.2) is 18.5 Å². The first-order valence-electron chi connectivity index (χ1n) is 6.92. The van der Waals surface area contributed by atoms with E-state index in [4.69, 9.17) is 17.3 Å². The number of nitrogens with zero attached hydrogens (tertiary/aromatic N) is 1. The second kappa shape index (κ2) is 7.32. The van der Waals surface area contributed by atoms with Crippen LogP contribution in [0.5, 0.6) is 0 Å². The van der Waals surface area contributed by atoms with Gasteiger partial charge in [0.2, 0.25) is 0 Å². The maximum atomic E-state index is 6.20. The van der Waals surface area contributed by atoms with Crippen LogP contribution in [0.15, 0.2) is 48.5 Å². The lowest BCUT2D eigenvalue weighted by Gasteiger charge is -2.18. The molecule has 2 aromatic carbocycles. The van der Waals surface area contributed by atoms with Gasteiger partial charge >= 0.3 is 0 Å². The van der Waals surface area contributed by atoms with Gasteiger partial charge in [0, 0.05) is 22.8 Å². The molecule has 0 fully saturated rings. The molecular weight excluding hydrogens is 268 g/mol. The lowest BCUT2D eigenvalue weighted by molar-refractivity contribution is 0.323. The molecule has 0 atom stereocenters. The molecule has 2 rings (SSSR count). The van der Waals surface area contributed by atoms with Crippen molar-refractivity contribution in [1.29, 1.82) is 0 Å². The largest absolute Gasteiger partial charge is 0.398 e. The molecule has 0 aliphatic carbocycles. The number of benzene rings is 2. The third kappa shape index (κ3) is 4.26. The highest BCUT2D eigenvalue weighted by Gasteiger charge is 2.07. The zero-order valence-electron chi connectivity index (χ0n) is 11.8. The van der Waals surface area contributed by atoms with E-state index >= 15 is 0 Å². The fourth-order valence-electron chi connectivity index (χ4n) is 2.29. The number of hydrogen-bond acceptors (Lipinski definition) is 2. The van der Waals surface area contributed by atoms with Crippen molar-refractivity contribution in [3.63, 3.8) is 0 Å². The molecule has 2 aromatic rings. The van der Waals surface area contributed by atoms with Gasteiger partial charge in [0.1, 0.15) is 0 Å². The van der Waals surface area contributed by atoms with Crippen LogP contribution in [0.2, 0.25) is 5.02 Å². The van der Waals surface area contributed by atoms with Crippen LogP contribution in [0.4, 0.5) is 5.69 Å². The number of rotatable bonds is 6. The molecule has 0 amide bonds. The Balaban J connectivity index is 1.82. The summed E-state index contributed by atoms with van der Waals surface area (Å²) >= 11 is 6.20. The van der Waals surface area contributed by atoms with E-state index in [1.165, 1.54) is 5.56 Å². The van der Waals surface area contributed by atoms with Crippen LogP contribution < -0.4 is 5.73 Å². The zero-order valence-corrected chi connectivity index (χ0v) is 12.6. The third-order valence-electron chi connectivity index (χ3n) is 3.43. The van der Waals surface area contributed by atoms with Gasteiger partial charge in [-0.05, 0) is 44.1 Å². The van der Waals surface area contributed by atoms with E-state index in [0.717, 1.165) is 42.2 Å². The number of anilines is 1. The van der Waals surface area contributed by atoms with Gasteiger partial charge in [0.25, 0.3) is 0 Å². The van der Waals surface area contributed by atoms with Crippen LogP contribution in [0.25, 0.3) is 0 Å². The molecule has 0 aromatic heterocycles. The van der Waals surface area contributed by atoms with Gasteiger partial charge in [-0.15, -0.1) is 0 Å². The molecule has 0 saturated carbocycles. The van der Waals surface area contributed by atoms with E-state index in [9.17, 15) is 0 Å². The second-order valence-corrected chi connectivity index (χ2v) is 5.54. The van der Waals surface area contributed by atoms with E-state index < -0.39 is 0 Å². The quantitative estimate of drug-likeness (QED) is 0.815. The lowest BCUT2D eigenvalue weighted by atomic mass is 10.1. The summed E-state index contributed by atoms with van der Waals surface area (Å²) < 4.78 is 0. The lowest BCUT2D eigenvalue weighted by Crippen LogP contribution is -2.20. The number of halogens is 1. The molecule has 0 bridgehead atoms. The summed E-state index contributed by atoms with van der Waals surface area (Å²) in [5.41, 5.74) is 9.16. The molecule has 2 nitrogen and oxygen atoms in total. The summed E-state index contributed by atoms with van der Waals surface area (Å²) in [4.78, 5) is 2.26. The first-order valence-corrected chi connectivity index (χ1v) is 7.30. The van der Waals surface area contributed by atoms with E-state index in [-0.39, 0.29) is 0 Å². The zero-order chi connectivity index (χ0) is 14.4. The van der Waals surface area contributed by atoms with E-state index in [1.807, 2.05) is 18.2 Å². The van der Waals surface area contributed by atoms with Gasteiger partial charge in [-0.1, -0.05) is 48.0 Å². The summed E-state index contributed by atoms with van der Waals surface area (Å²) in [6.07, 6.45) is 2.23. The normalized spacial score (nSPS) is 10.9. The predicted octanol–water partition coefficient (Wildman–Crippen LogP) is 3.99. The summed E-state index contributed by atoms with van der Waals surface area (Å²) in [5.74, 6) is 0. The SMILES string of the molecule is CN(CCCc1ccccc1)Cc1c(N)cccc1Cl. The third-order valence-corrected chi connectivity index (χ3v) is 3.79. The Morgan fingerprint density at radius 1 is 1.05 bits per heavy atom. The van der Waals surface area contributed by atoms with Crippen LogP contribution >= 0.6 is 11.6 Å². The number of aryl methyl sites for hydroxylation is 1. The Kier molecular flexibility index (Phi) is 5.45. The minimum atomic E-state index is 0.750. The standard InChI is InChI=1S/C17H21ClN2/c1-20(12-6-9-14-7-3-2-4-8-14)13-15-16(18)10-5-11-17(15)19/h2-5,7-8,10-11H,6,9,12-13,19H2,1H3. The minimum absolute atomic E-state index is 0.750. The fourth-order valence-corrected chi connectivity index (χ4v) is 2.53. The maximum absolute atomic E-state index is 6.20. The summed E-state index contributed by atoms with van der Waals surface area (Å²) in [6, 6.07) is 16.3. The molecule has 20 heavy (non-hydrogen) atoms. The Bertz CT molecular complexity index is 520.